The number of nitrogens with zero attached hydrogens (tertiary/aromatic N) is 1. The molecule has 1 aromatic carbocycles. The molecule has 0 spiro atoms. The van der Waals surface area contributed by atoms with Crippen molar-refractivity contribution in [1.29, 1.82) is 0 Å². The molecule has 0 aliphatic rings. The third-order valence-corrected chi connectivity index (χ3v) is 4.10. The molecule has 20 heavy (non-hydrogen) atoms. The molecule has 0 heterocycles. The van der Waals surface area contributed by atoms with Crippen molar-refractivity contribution in [3.8, 4) is 0 Å². The zero-order valence-corrected chi connectivity index (χ0v) is 12.2. The van der Waals surface area contributed by atoms with Gasteiger partial charge in [-0.3, -0.25) is 9.11 Å². The molecule has 112 valence electrons. The first-order valence-corrected chi connectivity index (χ1v) is 8.20. The molecule has 1 aromatic rings. The Hall–Kier alpha value is -1.49. The van der Waals surface area contributed by atoms with E-state index in [-0.39, 0.29) is 5.56 Å². The van der Waals surface area contributed by atoms with Crippen molar-refractivity contribution >= 4 is 26.5 Å². The highest BCUT2D eigenvalue weighted by molar-refractivity contribution is 7.86. The van der Waals surface area contributed by atoms with E-state index in [1.165, 1.54) is 0 Å². The van der Waals surface area contributed by atoms with Crippen molar-refractivity contribution in [2.45, 2.75) is 29.7 Å². The lowest BCUT2D eigenvalue weighted by Gasteiger charge is -2.09. The fraction of sp³-hybridized carbons (Fsp3) is 0.300. The SMILES string of the molecule is CC(C)[N+]([O-])=Cc1ccc(S(=O)(=O)O)cc1S(=O)(=O)O. The van der Waals surface area contributed by atoms with Crippen LogP contribution in [0.3, 0.4) is 0 Å². The lowest BCUT2D eigenvalue weighted by molar-refractivity contribution is -0.487. The molecule has 0 aliphatic heterocycles. The van der Waals surface area contributed by atoms with Crippen LogP contribution in [-0.2, 0) is 20.2 Å². The summed E-state index contributed by atoms with van der Waals surface area (Å²) in [6.07, 6.45) is 0.904. The van der Waals surface area contributed by atoms with E-state index in [2.05, 4.69) is 0 Å². The average molecular weight is 323 g/mol. The van der Waals surface area contributed by atoms with Gasteiger partial charge in [-0.05, 0) is 32.0 Å². The first-order valence-electron chi connectivity index (χ1n) is 5.32. The summed E-state index contributed by atoms with van der Waals surface area (Å²) < 4.78 is 62.7. The van der Waals surface area contributed by atoms with Crippen LogP contribution in [0, 0.1) is 5.21 Å². The molecule has 0 amide bonds. The van der Waals surface area contributed by atoms with Crippen molar-refractivity contribution in [1.82, 2.24) is 0 Å². The Morgan fingerprint density at radius 3 is 2.10 bits per heavy atom. The first kappa shape index (κ1) is 16.6. The minimum Gasteiger partial charge on any atom is -0.624 e. The molecule has 1 rings (SSSR count). The van der Waals surface area contributed by atoms with Crippen LogP contribution in [0.15, 0.2) is 28.0 Å². The van der Waals surface area contributed by atoms with Gasteiger partial charge in [0.05, 0.1) is 10.5 Å². The van der Waals surface area contributed by atoms with Gasteiger partial charge < -0.3 is 5.21 Å². The monoisotopic (exact) mass is 323 g/mol. The standard InChI is InChI=1S/C10H13NO7S2/c1-7(2)11(12)6-8-3-4-9(19(13,14)15)5-10(8)20(16,17)18/h3-7H,1-2H3,(H,13,14,15)(H,16,17,18). The van der Waals surface area contributed by atoms with Gasteiger partial charge in [0.1, 0.15) is 4.90 Å². The van der Waals surface area contributed by atoms with Crippen molar-refractivity contribution in [2.24, 2.45) is 0 Å². The van der Waals surface area contributed by atoms with Crippen LogP contribution >= 0.6 is 0 Å². The quantitative estimate of drug-likeness (QED) is 0.271. The largest absolute Gasteiger partial charge is 0.624 e. The zero-order chi connectivity index (χ0) is 15.7. The molecule has 10 heteroatoms. The molecular weight excluding hydrogens is 310 g/mol. The molecule has 0 radical (unpaired) electrons. The molecule has 2 N–H and O–H groups in total. The Labute approximate surface area is 116 Å². The second-order valence-electron chi connectivity index (χ2n) is 4.23. The van der Waals surface area contributed by atoms with Crippen molar-refractivity contribution in [3.63, 3.8) is 0 Å². The minimum atomic E-state index is -4.76. The van der Waals surface area contributed by atoms with Gasteiger partial charge >= 0.3 is 0 Å². The van der Waals surface area contributed by atoms with Crippen LogP contribution in [-0.4, -0.2) is 42.9 Å². The van der Waals surface area contributed by atoms with E-state index in [9.17, 15) is 22.0 Å². The summed E-state index contributed by atoms with van der Waals surface area (Å²) in [6.45, 7) is 3.12. The molecule has 0 unspecified atom stereocenters. The smallest absolute Gasteiger partial charge is 0.295 e. The highest BCUT2D eigenvalue weighted by Crippen LogP contribution is 2.19. The first-order chi connectivity index (χ1) is 8.93. The Balaban J connectivity index is 3.60. The summed E-state index contributed by atoms with van der Waals surface area (Å²) in [4.78, 5) is -1.49. The Morgan fingerprint density at radius 1 is 1.15 bits per heavy atom. The van der Waals surface area contributed by atoms with Crippen LogP contribution in [0.5, 0.6) is 0 Å². The van der Waals surface area contributed by atoms with Crippen molar-refractivity contribution < 1.29 is 30.7 Å². The van der Waals surface area contributed by atoms with Gasteiger partial charge in [-0.25, -0.2) is 4.74 Å². The van der Waals surface area contributed by atoms with Gasteiger partial charge in [0.2, 0.25) is 0 Å². The van der Waals surface area contributed by atoms with Gasteiger partial charge in [-0.1, -0.05) is 0 Å². The average Bonchev–Trinajstić information content (AvgIpc) is 2.26. The predicted octanol–water partition coefficient (Wildman–Crippen LogP) is 0.518. The molecule has 0 bridgehead atoms. The number of rotatable bonds is 4. The van der Waals surface area contributed by atoms with Crippen LogP contribution in [0.2, 0.25) is 0 Å². The van der Waals surface area contributed by atoms with E-state index in [0.717, 1.165) is 18.3 Å². The Morgan fingerprint density at radius 2 is 1.70 bits per heavy atom. The molecule has 0 aromatic heterocycles. The topological polar surface area (TPSA) is 135 Å². The summed E-state index contributed by atoms with van der Waals surface area (Å²) in [7, 11) is -9.39. The van der Waals surface area contributed by atoms with Crippen LogP contribution < -0.4 is 0 Å². The fourth-order valence-electron chi connectivity index (χ4n) is 1.29. The highest BCUT2D eigenvalue weighted by atomic mass is 32.2. The second kappa shape index (κ2) is 5.48. The van der Waals surface area contributed by atoms with Gasteiger partial charge in [0.25, 0.3) is 20.2 Å². The summed E-state index contributed by atoms with van der Waals surface area (Å²) in [5.41, 5.74) is -0.191. The maximum atomic E-state index is 11.5. The maximum Gasteiger partial charge on any atom is 0.295 e. The lowest BCUT2D eigenvalue weighted by Crippen LogP contribution is -2.16. The summed E-state index contributed by atoms with van der Waals surface area (Å²) in [6, 6.07) is 2.01. The third kappa shape index (κ3) is 4.00. The minimum absolute atomic E-state index is 0.191. The van der Waals surface area contributed by atoms with E-state index in [1.807, 2.05) is 0 Å². The van der Waals surface area contributed by atoms with E-state index < -0.39 is 36.1 Å². The summed E-state index contributed by atoms with van der Waals surface area (Å²) in [5.74, 6) is 0. The number of hydrogen-bond acceptors (Lipinski definition) is 5. The van der Waals surface area contributed by atoms with Crippen LogP contribution in [0.25, 0.3) is 0 Å². The molecule has 0 atom stereocenters. The normalized spacial score (nSPS) is 13.8. The number of hydrogen-bond donors (Lipinski definition) is 2. The lowest BCUT2D eigenvalue weighted by atomic mass is 10.2. The van der Waals surface area contributed by atoms with Crippen molar-refractivity contribution in [2.75, 3.05) is 0 Å². The highest BCUT2D eigenvalue weighted by Gasteiger charge is 2.21. The molecule has 8 nitrogen and oxygen atoms in total. The van der Waals surface area contributed by atoms with Gasteiger partial charge in [-0.2, -0.15) is 16.8 Å². The van der Waals surface area contributed by atoms with Crippen LogP contribution in [0.1, 0.15) is 19.4 Å². The van der Waals surface area contributed by atoms with E-state index in [1.54, 1.807) is 13.8 Å². The molecule has 0 saturated carbocycles. The molecule has 0 aliphatic carbocycles. The van der Waals surface area contributed by atoms with E-state index in [0.29, 0.717) is 10.8 Å². The fourth-order valence-corrected chi connectivity index (χ4v) is 2.57. The summed E-state index contributed by atoms with van der Waals surface area (Å²) in [5, 5.41) is 11.5. The Bertz CT molecular complexity index is 748. The molecular formula is C10H13NO7S2. The summed E-state index contributed by atoms with van der Waals surface area (Å²) >= 11 is 0. The number of benzene rings is 1. The molecule has 0 fully saturated rings. The number of hydroxylamine groups is 1. The predicted molar refractivity (Wildman–Crippen MR) is 70.0 cm³/mol. The van der Waals surface area contributed by atoms with Gasteiger partial charge in [-0.15, -0.1) is 0 Å². The molecule has 0 saturated heterocycles. The third-order valence-electron chi connectivity index (χ3n) is 2.34. The van der Waals surface area contributed by atoms with Gasteiger partial charge in [0.15, 0.2) is 12.3 Å². The Kier molecular flexibility index (Phi) is 4.54. The van der Waals surface area contributed by atoms with E-state index >= 15 is 0 Å². The zero-order valence-electron chi connectivity index (χ0n) is 10.6. The van der Waals surface area contributed by atoms with Crippen LogP contribution in [0.4, 0.5) is 0 Å². The van der Waals surface area contributed by atoms with Crippen molar-refractivity contribution in [3.05, 3.63) is 29.0 Å². The second-order valence-corrected chi connectivity index (χ2v) is 7.04. The van der Waals surface area contributed by atoms with E-state index in [4.69, 9.17) is 9.11 Å². The maximum absolute atomic E-state index is 11.5. The van der Waals surface area contributed by atoms with Gasteiger partial charge in [0, 0.05) is 0 Å².